The fourth-order valence-electron chi connectivity index (χ4n) is 1.46. The van der Waals surface area contributed by atoms with Gasteiger partial charge in [-0.1, -0.05) is 23.2 Å². The van der Waals surface area contributed by atoms with E-state index in [-0.39, 0.29) is 6.54 Å². The summed E-state index contributed by atoms with van der Waals surface area (Å²) >= 11 is 11.6. The fraction of sp³-hybridized carbons (Fsp3) is 0.385. The minimum Gasteiger partial charge on any atom is -0.481 e. The largest absolute Gasteiger partial charge is 0.481 e. The van der Waals surface area contributed by atoms with Gasteiger partial charge >= 0.3 is 5.97 Å². The van der Waals surface area contributed by atoms with Crippen LogP contribution in [0.25, 0.3) is 0 Å². The molecule has 0 saturated carbocycles. The third kappa shape index (κ3) is 5.79. The second kappa shape index (κ2) is 8.07. The zero-order chi connectivity index (χ0) is 16.0. The van der Waals surface area contributed by atoms with E-state index in [9.17, 15) is 9.59 Å². The van der Waals surface area contributed by atoms with Crippen molar-refractivity contribution in [2.75, 3.05) is 13.7 Å². The Bertz CT molecular complexity index is 503. The van der Waals surface area contributed by atoms with Crippen molar-refractivity contribution in [1.82, 2.24) is 5.32 Å². The number of ether oxygens (including phenoxy) is 2. The SMILES string of the molecule is COC(CNC(=O)C(C)Oc1cc(Cl)cc(Cl)c1)C(=O)O. The van der Waals surface area contributed by atoms with E-state index in [4.69, 9.17) is 37.8 Å². The smallest absolute Gasteiger partial charge is 0.334 e. The lowest BCUT2D eigenvalue weighted by atomic mass is 10.3. The predicted molar refractivity (Wildman–Crippen MR) is 78.0 cm³/mol. The first kappa shape index (κ1) is 17.6. The number of halogens is 2. The Morgan fingerprint density at radius 3 is 2.33 bits per heavy atom. The van der Waals surface area contributed by atoms with Crippen molar-refractivity contribution < 1.29 is 24.2 Å². The molecule has 0 heterocycles. The van der Waals surface area contributed by atoms with Crippen LogP contribution in [0.15, 0.2) is 18.2 Å². The Morgan fingerprint density at radius 1 is 1.29 bits per heavy atom. The summed E-state index contributed by atoms with van der Waals surface area (Å²) in [5.74, 6) is -1.29. The average Bonchev–Trinajstić information content (AvgIpc) is 2.37. The number of carboxylic acid groups (broad SMARTS) is 1. The average molecular weight is 336 g/mol. The van der Waals surface area contributed by atoms with Crippen molar-refractivity contribution in [1.29, 1.82) is 0 Å². The first-order valence-electron chi connectivity index (χ1n) is 5.99. The Morgan fingerprint density at radius 2 is 1.86 bits per heavy atom. The van der Waals surface area contributed by atoms with Gasteiger partial charge in [-0.25, -0.2) is 4.79 Å². The summed E-state index contributed by atoms with van der Waals surface area (Å²) in [6.07, 6.45) is -1.95. The van der Waals surface area contributed by atoms with Gasteiger partial charge in [-0.05, 0) is 25.1 Å². The Hall–Kier alpha value is -1.50. The minimum atomic E-state index is -1.16. The minimum absolute atomic E-state index is 0.158. The maximum Gasteiger partial charge on any atom is 0.334 e. The summed E-state index contributed by atoms with van der Waals surface area (Å²) in [5, 5.41) is 12.0. The normalized spacial score (nSPS) is 13.3. The van der Waals surface area contributed by atoms with Crippen molar-refractivity contribution in [3.63, 3.8) is 0 Å². The molecule has 0 radical (unpaired) electrons. The summed E-state index contributed by atoms with van der Waals surface area (Å²) in [5.41, 5.74) is 0. The number of hydrogen-bond acceptors (Lipinski definition) is 4. The molecule has 0 fully saturated rings. The van der Waals surface area contributed by atoms with E-state index in [1.165, 1.54) is 32.2 Å². The quantitative estimate of drug-likeness (QED) is 0.795. The number of amides is 1. The van der Waals surface area contributed by atoms with Crippen LogP contribution >= 0.6 is 23.2 Å². The van der Waals surface area contributed by atoms with Gasteiger partial charge in [0.2, 0.25) is 0 Å². The Balaban J connectivity index is 2.56. The highest BCUT2D eigenvalue weighted by Crippen LogP contribution is 2.24. The number of nitrogens with one attached hydrogen (secondary N) is 1. The first-order chi connectivity index (χ1) is 9.83. The lowest BCUT2D eigenvalue weighted by molar-refractivity contribution is -0.148. The molecule has 0 spiro atoms. The maximum absolute atomic E-state index is 11.8. The standard InChI is InChI=1S/C13H15Cl2NO5/c1-7(12(17)16-6-11(20-2)13(18)19)21-10-4-8(14)3-9(15)5-10/h3-5,7,11H,6H2,1-2H3,(H,16,17)(H,18,19). The summed E-state index contributed by atoms with van der Waals surface area (Å²) in [6.45, 7) is 1.36. The number of aliphatic carboxylic acids is 1. The van der Waals surface area contributed by atoms with Crippen LogP contribution in [0.4, 0.5) is 0 Å². The zero-order valence-corrected chi connectivity index (χ0v) is 12.9. The molecule has 8 heteroatoms. The number of carbonyl (C=O) groups is 2. The van der Waals surface area contributed by atoms with Gasteiger partial charge in [-0.3, -0.25) is 4.79 Å². The zero-order valence-electron chi connectivity index (χ0n) is 11.4. The highest BCUT2D eigenvalue weighted by molar-refractivity contribution is 6.34. The van der Waals surface area contributed by atoms with Gasteiger partial charge in [0.15, 0.2) is 12.2 Å². The van der Waals surface area contributed by atoms with Crippen LogP contribution in [0.2, 0.25) is 10.0 Å². The molecule has 2 unspecified atom stereocenters. The summed E-state index contributed by atoms with van der Waals surface area (Å²) in [6, 6.07) is 4.58. The number of hydrogen-bond donors (Lipinski definition) is 2. The molecule has 0 aliphatic carbocycles. The van der Waals surface area contributed by atoms with Crippen LogP contribution in [-0.4, -0.2) is 42.8 Å². The third-order valence-electron chi connectivity index (χ3n) is 2.54. The topological polar surface area (TPSA) is 84.9 Å². The molecular weight excluding hydrogens is 321 g/mol. The van der Waals surface area contributed by atoms with E-state index in [2.05, 4.69) is 5.32 Å². The van der Waals surface area contributed by atoms with Gasteiger partial charge in [-0.15, -0.1) is 0 Å². The molecule has 0 aromatic heterocycles. The molecule has 2 N–H and O–H groups in total. The van der Waals surface area contributed by atoms with Crippen LogP contribution in [0, 0.1) is 0 Å². The molecule has 0 aliphatic heterocycles. The summed E-state index contributed by atoms with van der Waals surface area (Å²) in [7, 11) is 1.25. The molecule has 116 valence electrons. The number of carbonyl (C=O) groups excluding carboxylic acids is 1. The monoisotopic (exact) mass is 335 g/mol. The number of carboxylic acids is 1. The van der Waals surface area contributed by atoms with Gasteiger partial charge in [0, 0.05) is 17.2 Å². The second-order valence-corrected chi connectivity index (χ2v) is 5.05. The molecule has 1 aromatic carbocycles. The summed E-state index contributed by atoms with van der Waals surface area (Å²) < 4.78 is 10.1. The van der Waals surface area contributed by atoms with Crippen molar-refractivity contribution in [2.45, 2.75) is 19.1 Å². The lowest BCUT2D eigenvalue weighted by Gasteiger charge is -2.17. The van der Waals surface area contributed by atoms with Crippen LogP contribution < -0.4 is 10.1 Å². The predicted octanol–water partition coefficient (Wildman–Crippen LogP) is 1.98. The van der Waals surface area contributed by atoms with Crippen molar-refractivity contribution in [3.8, 4) is 5.75 Å². The maximum atomic E-state index is 11.8. The van der Waals surface area contributed by atoms with Gasteiger partial charge < -0.3 is 19.9 Å². The van der Waals surface area contributed by atoms with E-state index in [1.807, 2.05) is 0 Å². The van der Waals surface area contributed by atoms with E-state index in [1.54, 1.807) is 0 Å². The molecule has 0 bridgehead atoms. The molecule has 0 aliphatic rings. The fourth-order valence-corrected chi connectivity index (χ4v) is 1.97. The van der Waals surface area contributed by atoms with Crippen molar-refractivity contribution in [3.05, 3.63) is 28.2 Å². The third-order valence-corrected chi connectivity index (χ3v) is 2.98. The van der Waals surface area contributed by atoms with E-state index >= 15 is 0 Å². The molecule has 6 nitrogen and oxygen atoms in total. The van der Waals surface area contributed by atoms with Gasteiger partial charge in [0.05, 0.1) is 6.54 Å². The van der Waals surface area contributed by atoms with Crippen LogP contribution in [0.5, 0.6) is 5.75 Å². The van der Waals surface area contributed by atoms with Crippen LogP contribution in [-0.2, 0) is 14.3 Å². The lowest BCUT2D eigenvalue weighted by Crippen LogP contribution is -2.43. The highest BCUT2D eigenvalue weighted by atomic mass is 35.5. The molecular formula is C13H15Cl2NO5. The van der Waals surface area contributed by atoms with E-state index < -0.39 is 24.1 Å². The first-order valence-corrected chi connectivity index (χ1v) is 6.75. The van der Waals surface area contributed by atoms with Crippen LogP contribution in [0.1, 0.15) is 6.92 Å². The Labute approximate surface area is 131 Å². The van der Waals surface area contributed by atoms with Gasteiger partial charge in [0.1, 0.15) is 5.75 Å². The van der Waals surface area contributed by atoms with Gasteiger partial charge in [0.25, 0.3) is 5.91 Å². The van der Waals surface area contributed by atoms with Crippen molar-refractivity contribution in [2.24, 2.45) is 0 Å². The second-order valence-electron chi connectivity index (χ2n) is 4.17. The molecule has 2 atom stereocenters. The van der Waals surface area contributed by atoms with Crippen molar-refractivity contribution >= 4 is 35.1 Å². The molecule has 1 amide bonds. The summed E-state index contributed by atoms with van der Waals surface area (Å²) in [4.78, 5) is 22.6. The number of methoxy groups -OCH3 is 1. The molecule has 21 heavy (non-hydrogen) atoms. The van der Waals surface area contributed by atoms with E-state index in [0.717, 1.165) is 0 Å². The molecule has 1 rings (SSSR count). The molecule has 0 saturated heterocycles. The van der Waals surface area contributed by atoms with Crippen LogP contribution in [0.3, 0.4) is 0 Å². The Kier molecular flexibility index (Phi) is 6.74. The number of benzene rings is 1. The van der Waals surface area contributed by atoms with Gasteiger partial charge in [-0.2, -0.15) is 0 Å². The highest BCUT2D eigenvalue weighted by Gasteiger charge is 2.20. The number of rotatable bonds is 7. The van der Waals surface area contributed by atoms with E-state index in [0.29, 0.717) is 15.8 Å². The molecule has 1 aromatic rings.